The highest BCUT2D eigenvalue weighted by Gasteiger charge is 2.44. The topological polar surface area (TPSA) is 20.2 Å². The van der Waals surface area contributed by atoms with Crippen LogP contribution in [0, 0.1) is 35.5 Å². The molecule has 1 heteroatoms. The Kier molecular flexibility index (Phi) is 7.65. The van der Waals surface area contributed by atoms with Crippen LogP contribution in [0.25, 0.3) is 0 Å². The van der Waals surface area contributed by atoms with E-state index in [0.29, 0.717) is 6.61 Å². The molecule has 21 heavy (non-hydrogen) atoms. The van der Waals surface area contributed by atoms with Crippen LogP contribution in [0.4, 0.5) is 0 Å². The minimum absolute atomic E-state index is 0.331. The molecule has 0 aromatic rings. The van der Waals surface area contributed by atoms with E-state index in [4.69, 9.17) is 5.11 Å². The van der Waals surface area contributed by atoms with E-state index in [1.807, 2.05) is 0 Å². The molecule has 0 bridgehead atoms. The van der Waals surface area contributed by atoms with Gasteiger partial charge in [0.2, 0.25) is 0 Å². The first-order valence-electron chi connectivity index (χ1n) is 9.41. The van der Waals surface area contributed by atoms with Gasteiger partial charge in [0.25, 0.3) is 0 Å². The quantitative estimate of drug-likeness (QED) is 0.411. The first-order chi connectivity index (χ1) is 10.3. The van der Waals surface area contributed by atoms with Crippen molar-refractivity contribution in [2.45, 2.75) is 84.0 Å². The van der Waals surface area contributed by atoms with Gasteiger partial charge in [-0.3, -0.25) is 0 Å². The molecular formula is C20H34O. The van der Waals surface area contributed by atoms with Gasteiger partial charge in [0.1, 0.15) is 0 Å². The van der Waals surface area contributed by atoms with E-state index in [9.17, 15) is 0 Å². The Balaban J connectivity index is 1.43. The summed E-state index contributed by atoms with van der Waals surface area (Å²) in [6, 6.07) is 0. The van der Waals surface area contributed by atoms with Crippen LogP contribution in [0.1, 0.15) is 84.0 Å². The zero-order valence-corrected chi connectivity index (χ0v) is 13.9. The minimum Gasteiger partial charge on any atom is -0.396 e. The van der Waals surface area contributed by atoms with Crippen LogP contribution < -0.4 is 0 Å². The third-order valence-electron chi connectivity index (χ3n) is 5.37. The van der Waals surface area contributed by atoms with Crippen molar-refractivity contribution >= 4 is 0 Å². The van der Waals surface area contributed by atoms with Crippen molar-refractivity contribution in [1.29, 1.82) is 0 Å². The lowest BCUT2D eigenvalue weighted by atomic mass is 10.1. The molecule has 0 spiro atoms. The Morgan fingerprint density at radius 2 is 1.67 bits per heavy atom. The molecule has 2 aliphatic carbocycles. The fourth-order valence-corrected chi connectivity index (χ4v) is 3.64. The Hall–Kier alpha value is -0.480. The lowest BCUT2D eigenvalue weighted by molar-refractivity contribution is 0.283. The third-order valence-corrected chi connectivity index (χ3v) is 5.37. The van der Waals surface area contributed by atoms with E-state index in [0.717, 1.165) is 55.8 Å². The second-order valence-corrected chi connectivity index (χ2v) is 7.34. The normalized spacial score (nSPS) is 29.8. The summed E-state index contributed by atoms with van der Waals surface area (Å²) in [7, 11) is 0. The average Bonchev–Trinajstić information content (AvgIpc) is 3.39. The predicted molar refractivity (Wildman–Crippen MR) is 89.9 cm³/mol. The fourth-order valence-electron chi connectivity index (χ4n) is 3.64. The number of hydrogen-bond acceptors (Lipinski definition) is 1. The van der Waals surface area contributed by atoms with Gasteiger partial charge >= 0.3 is 0 Å². The van der Waals surface area contributed by atoms with Crippen LogP contribution in [0.3, 0.4) is 0 Å². The summed E-state index contributed by atoms with van der Waals surface area (Å²) >= 11 is 0. The van der Waals surface area contributed by atoms with Crippen LogP contribution in [0.2, 0.25) is 0 Å². The van der Waals surface area contributed by atoms with Crippen molar-refractivity contribution < 1.29 is 5.11 Å². The summed E-state index contributed by atoms with van der Waals surface area (Å²) in [6.45, 7) is 2.63. The molecule has 2 aliphatic rings. The molecule has 0 amide bonds. The smallest absolute Gasteiger partial charge is 0.0431 e. The average molecular weight is 290 g/mol. The van der Waals surface area contributed by atoms with E-state index in [-0.39, 0.29) is 0 Å². The van der Waals surface area contributed by atoms with Crippen LogP contribution in [0.5, 0.6) is 0 Å². The van der Waals surface area contributed by atoms with Crippen molar-refractivity contribution in [2.24, 2.45) is 23.7 Å². The molecular weight excluding hydrogens is 256 g/mol. The van der Waals surface area contributed by atoms with E-state index in [2.05, 4.69) is 18.8 Å². The SMILES string of the molecule is CCCCC[C@H]1C[C@H]1C[C@H]1C[C@H]1CC#CCCCCCO. The van der Waals surface area contributed by atoms with Crippen LogP contribution in [-0.2, 0) is 0 Å². The molecule has 2 fully saturated rings. The zero-order chi connectivity index (χ0) is 14.9. The molecule has 2 saturated carbocycles. The number of hydrogen-bond donors (Lipinski definition) is 1. The molecule has 0 aliphatic heterocycles. The molecule has 120 valence electrons. The monoisotopic (exact) mass is 290 g/mol. The summed E-state index contributed by atoms with van der Waals surface area (Å²) in [4.78, 5) is 0. The Labute approximate surface area is 131 Å². The van der Waals surface area contributed by atoms with Crippen molar-refractivity contribution in [3.05, 3.63) is 0 Å². The number of aliphatic hydroxyl groups is 1. The standard InChI is InChI=1S/C20H34O/c1-2-3-8-11-17-14-19(17)16-20-15-18(20)12-9-6-4-5-7-10-13-21/h17-21H,2-5,7-8,10-16H2,1H3/t17-,18+,19-,20+/m0/s1. The molecule has 0 aromatic carbocycles. The number of rotatable bonds is 11. The number of unbranched alkanes of at least 4 members (excludes halogenated alkanes) is 5. The zero-order valence-electron chi connectivity index (χ0n) is 13.9. The van der Waals surface area contributed by atoms with Gasteiger partial charge in [0.05, 0.1) is 0 Å². The second kappa shape index (κ2) is 9.52. The van der Waals surface area contributed by atoms with E-state index < -0.39 is 0 Å². The van der Waals surface area contributed by atoms with Gasteiger partial charge in [-0.2, -0.15) is 0 Å². The molecule has 0 radical (unpaired) electrons. The molecule has 4 atom stereocenters. The second-order valence-electron chi connectivity index (χ2n) is 7.34. The van der Waals surface area contributed by atoms with Gasteiger partial charge in [0, 0.05) is 19.4 Å². The van der Waals surface area contributed by atoms with Crippen molar-refractivity contribution in [1.82, 2.24) is 0 Å². The Morgan fingerprint density at radius 1 is 0.857 bits per heavy atom. The first kappa shape index (κ1) is 16.9. The third kappa shape index (κ3) is 6.88. The van der Waals surface area contributed by atoms with Crippen LogP contribution in [0.15, 0.2) is 0 Å². The van der Waals surface area contributed by atoms with Gasteiger partial charge in [-0.25, -0.2) is 0 Å². The van der Waals surface area contributed by atoms with E-state index in [1.165, 1.54) is 44.9 Å². The lowest BCUT2D eigenvalue weighted by Crippen LogP contribution is -1.88. The summed E-state index contributed by atoms with van der Waals surface area (Å²) in [6.07, 6.45) is 15.7. The summed E-state index contributed by atoms with van der Waals surface area (Å²) < 4.78 is 0. The van der Waals surface area contributed by atoms with Crippen molar-refractivity contribution in [3.8, 4) is 11.8 Å². The molecule has 0 unspecified atom stereocenters. The van der Waals surface area contributed by atoms with Crippen LogP contribution in [-0.4, -0.2) is 11.7 Å². The highest BCUT2D eigenvalue weighted by atomic mass is 16.2. The largest absolute Gasteiger partial charge is 0.396 e. The minimum atomic E-state index is 0.331. The van der Waals surface area contributed by atoms with Crippen molar-refractivity contribution in [3.63, 3.8) is 0 Å². The van der Waals surface area contributed by atoms with E-state index in [1.54, 1.807) is 0 Å². The maximum absolute atomic E-state index is 8.70. The predicted octanol–water partition coefficient (Wildman–Crippen LogP) is 5.18. The highest BCUT2D eigenvalue weighted by molar-refractivity contribution is 5.05. The van der Waals surface area contributed by atoms with E-state index >= 15 is 0 Å². The molecule has 2 rings (SSSR count). The Bertz CT molecular complexity index is 337. The van der Waals surface area contributed by atoms with Gasteiger partial charge in [0.15, 0.2) is 0 Å². The molecule has 0 saturated heterocycles. The Morgan fingerprint density at radius 3 is 2.48 bits per heavy atom. The lowest BCUT2D eigenvalue weighted by Gasteiger charge is -1.99. The fraction of sp³-hybridized carbons (Fsp3) is 0.900. The first-order valence-corrected chi connectivity index (χ1v) is 9.41. The molecule has 0 heterocycles. The van der Waals surface area contributed by atoms with Gasteiger partial charge in [-0.05, 0) is 55.8 Å². The van der Waals surface area contributed by atoms with Gasteiger partial charge in [-0.15, -0.1) is 11.8 Å². The summed E-state index contributed by atoms with van der Waals surface area (Å²) in [5.41, 5.74) is 0. The summed E-state index contributed by atoms with van der Waals surface area (Å²) in [5, 5.41) is 8.70. The highest BCUT2D eigenvalue weighted by Crippen LogP contribution is 2.54. The summed E-state index contributed by atoms with van der Waals surface area (Å²) in [5.74, 6) is 10.8. The maximum atomic E-state index is 8.70. The molecule has 1 N–H and O–H groups in total. The van der Waals surface area contributed by atoms with Gasteiger partial charge in [-0.1, -0.05) is 39.0 Å². The molecule has 1 nitrogen and oxygen atoms in total. The number of aliphatic hydroxyl groups excluding tert-OH is 1. The van der Waals surface area contributed by atoms with Gasteiger partial charge < -0.3 is 5.11 Å². The maximum Gasteiger partial charge on any atom is 0.0431 e. The molecule has 0 aromatic heterocycles. The van der Waals surface area contributed by atoms with Crippen LogP contribution >= 0.6 is 0 Å². The van der Waals surface area contributed by atoms with Crippen molar-refractivity contribution in [2.75, 3.05) is 6.61 Å².